The Hall–Kier alpha value is 0.130. The molecule has 0 aliphatic heterocycles. The maximum absolute atomic E-state index is 11.9. The predicted molar refractivity (Wildman–Crippen MR) is 149 cm³/mol. The summed E-state index contributed by atoms with van der Waals surface area (Å²) in [6.07, 6.45) is 26.1. The van der Waals surface area contributed by atoms with E-state index < -0.39 is 10.1 Å². The van der Waals surface area contributed by atoms with Crippen LogP contribution in [0.4, 0.5) is 0 Å². The Morgan fingerprint density at radius 2 is 0.971 bits per heavy atom. The molecule has 0 amide bonds. The zero-order valence-corrected chi connectivity index (χ0v) is 26.4. The van der Waals surface area contributed by atoms with Crippen LogP contribution in [0.3, 0.4) is 0 Å². The molecule has 0 unspecified atom stereocenters. The molecule has 35 heavy (non-hydrogen) atoms. The van der Waals surface area contributed by atoms with Gasteiger partial charge >= 0.3 is 29.6 Å². The fourth-order valence-electron chi connectivity index (χ4n) is 3.90. The zero-order chi connectivity index (χ0) is 25.2. The summed E-state index contributed by atoms with van der Waals surface area (Å²) in [6, 6.07) is 8.33. The van der Waals surface area contributed by atoms with Gasteiger partial charge in [0.25, 0.3) is 10.1 Å². The maximum atomic E-state index is 11.9. The molecule has 0 N–H and O–H groups in total. The minimum absolute atomic E-state index is 0. The summed E-state index contributed by atoms with van der Waals surface area (Å²) >= 11 is 0. The van der Waals surface area contributed by atoms with Gasteiger partial charge in [-0.1, -0.05) is 148 Å². The normalized spacial score (nSPS) is 10.9. The molecule has 0 aliphatic rings. The largest absolute Gasteiger partial charge is 1.00 e. The molecular weight excluding hydrogens is 463 g/mol. The minimum Gasteiger partial charge on any atom is -0.343 e. The molecule has 0 heterocycles. The van der Waals surface area contributed by atoms with Gasteiger partial charge in [-0.2, -0.15) is 14.8 Å². The summed E-state index contributed by atoms with van der Waals surface area (Å²) in [5.74, 6) is 0. The van der Waals surface area contributed by atoms with Gasteiger partial charge in [0.05, 0.1) is 11.5 Å². The molecule has 0 radical (unpaired) electrons. The molecule has 0 aliphatic carbocycles. The van der Waals surface area contributed by atoms with Crippen LogP contribution in [0, 0.1) is 6.92 Å². The molecule has 1 rings (SSSR count). The van der Waals surface area contributed by atoms with Gasteiger partial charge in [-0.05, 0) is 18.6 Å². The van der Waals surface area contributed by atoms with Crippen LogP contribution < -0.4 is 29.6 Å². The van der Waals surface area contributed by atoms with Crippen LogP contribution in [0.25, 0.3) is 0 Å². The van der Waals surface area contributed by atoms with Crippen LogP contribution in [-0.2, 0) is 14.3 Å². The van der Waals surface area contributed by atoms with Gasteiger partial charge in [-0.3, -0.25) is 4.18 Å². The average Bonchev–Trinajstić information content (AvgIpc) is 2.85. The third-order valence-electron chi connectivity index (χ3n) is 6.12. The third kappa shape index (κ3) is 25.6. The SMILES string of the molecule is CCCCCCCCCCCCOS(=O)(=O)c1ccccc1.[CH2-]CCCCCCCCCCC.[Na+]. The molecule has 0 fully saturated rings. The van der Waals surface area contributed by atoms with Crippen molar-refractivity contribution < 1.29 is 42.2 Å². The summed E-state index contributed by atoms with van der Waals surface area (Å²) in [7, 11) is -3.57. The molecular formula is C30H55NaO3S. The van der Waals surface area contributed by atoms with Crippen molar-refractivity contribution in [3.05, 3.63) is 37.3 Å². The van der Waals surface area contributed by atoms with E-state index >= 15 is 0 Å². The first-order chi connectivity index (χ1) is 16.6. The number of unbranched alkanes of at least 4 members (excludes halogenated alkanes) is 18. The van der Waals surface area contributed by atoms with E-state index in [2.05, 4.69) is 20.8 Å². The molecule has 0 aromatic heterocycles. The second kappa shape index (κ2) is 28.7. The molecule has 5 heteroatoms. The maximum Gasteiger partial charge on any atom is 1.00 e. The summed E-state index contributed by atoms with van der Waals surface area (Å²) in [5.41, 5.74) is 0. The second-order valence-electron chi connectivity index (χ2n) is 9.45. The summed E-state index contributed by atoms with van der Waals surface area (Å²) in [4.78, 5) is 0.238. The van der Waals surface area contributed by atoms with Gasteiger partial charge in [0.15, 0.2) is 0 Å². The van der Waals surface area contributed by atoms with Crippen LogP contribution >= 0.6 is 0 Å². The second-order valence-corrected chi connectivity index (χ2v) is 11.1. The first kappa shape index (κ1) is 37.3. The van der Waals surface area contributed by atoms with Gasteiger partial charge in [0.1, 0.15) is 0 Å². The zero-order valence-electron chi connectivity index (χ0n) is 23.6. The standard InChI is InChI=1S/C18H30O3S.C12H25.Na/c1-2-3-4-5-6-7-8-9-10-14-17-21-22(19,20)18-15-12-11-13-16-18;1-3-5-7-9-11-12-10-8-6-4-2;/h11-13,15-16H,2-10,14,17H2,1H3;1,3-12H2,2H3;/q;-1;+1. The first-order valence-electron chi connectivity index (χ1n) is 14.3. The average molecular weight is 519 g/mol. The van der Waals surface area contributed by atoms with Crippen molar-refractivity contribution in [3.8, 4) is 0 Å². The van der Waals surface area contributed by atoms with Crippen molar-refractivity contribution in [1.29, 1.82) is 0 Å². The Kier molecular flexibility index (Phi) is 30.6. The monoisotopic (exact) mass is 518 g/mol. The third-order valence-corrected chi connectivity index (χ3v) is 7.45. The van der Waals surface area contributed by atoms with Crippen LogP contribution in [0.15, 0.2) is 35.2 Å². The molecule has 0 spiro atoms. The van der Waals surface area contributed by atoms with Crippen LogP contribution in [0.5, 0.6) is 0 Å². The molecule has 200 valence electrons. The van der Waals surface area contributed by atoms with E-state index in [0.29, 0.717) is 0 Å². The first-order valence-corrected chi connectivity index (χ1v) is 15.7. The fraction of sp³-hybridized carbons (Fsp3) is 0.767. The van der Waals surface area contributed by atoms with Gasteiger partial charge in [0.2, 0.25) is 0 Å². The van der Waals surface area contributed by atoms with E-state index in [9.17, 15) is 8.42 Å². The summed E-state index contributed by atoms with van der Waals surface area (Å²) in [6.45, 7) is 8.64. The van der Waals surface area contributed by atoms with Crippen LogP contribution in [0.1, 0.15) is 142 Å². The summed E-state index contributed by atoms with van der Waals surface area (Å²) in [5, 5.41) is 0. The van der Waals surface area contributed by atoms with Crippen molar-refractivity contribution in [2.75, 3.05) is 6.61 Å². The Morgan fingerprint density at radius 3 is 1.37 bits per heavy atom. The Balaban J connectivity index is 0. The Bertz CT molecular complexity index is 610. The van der Waals surface area contributed by atoms with Crippen molar-refractivity contribution in [2.45, 2.75) is 147 Å². The molecule has 0 saturated carbocycles. The number of rotatable bonds is 22. The molecule has 0 atom stereocenters. The summed E-state index contributed by atoms with van der Waals surface area (Å²) < 4.78 is 28.8. The van der Waals surface area contributed by atoms with E-state index in [1.54, 1.807) is 30.3 Å². The minimum atomic E-state index is -3.57. The van der Waals surface area contributed by atoms with Gasteiger partial charge in [-0.15, -0.1) is 0 Å². The Labute approximate surface area is 242 Å². The molecule has 1 aromatic carbocycles. The molecule has 0 saturated heterocycles. The molecule has 0 bridgehead atoms. The quantitative estimate of drug-likeness (QED) is 0.0714. The van der Waals surface area contributed by atoms with Crippen molar-refractivity contribution >= 4 is 10.1 Å². The van der Waals surface area contributed by atoms with E-state index in [1.807, 2.05) is 0 Å². The van der Waals surface area contributed by atoms with E-state index in [1.165, 1.54) is 109 Å². The van der Waals surface area contributed by atoms with Gasteiger partial charge in [0, 0.05) is 0 Å². The van der Waals surface area contributed by atoms with Crippen molar-refractivity contribution in [1.82, 2.24) is 0 Å². The van der Waals surface area contributed by atoms with Crippen molar-refractivity contribution in [3.63, 3.8) is 0 Å². The Morgan fingerprint density at radius 1 is 0.600 bits per heavy atom. The predicted octanol–water partition coefficient (Wildman–Crippen LogP) is 7.06. The van der Waals surface area contributed by atoms with Gasteiger partial charge in [-0.25, -0.2) is 0 Å². The van der Waals surface area contributed by atoms with E-state index in [-0.39, 0.29) is 41.1 Å². The number of benzene rings is 1. The van der Waals surface area contributed by atoms with E-state index in [0.717, 1.165) is 19.3 Å². The topological polar surface area (TPSA) is 43.4 Å². The van der Waals surface area contributed by atoms with Crippen LogP contribution in [0.2, 0.25) is 0 Å². The molecule has 3 nitrogen and oxygen atoms in total. The smallest absolute Gasteiger partial charge is 0.343 e. The van der Waals surface area contributed by atoms with Gasteiger partial charge < -0.3 is 6.92 Å². The van der Waals surface area contributed by atoms with E-state index in [4.69, 9.17) is 4.18 Å². The fourth-order valence-corrected chi connectivity index (χ4v) is 4.86. The number of hydrogen-bond donors (Lipinski definition) is 0. The number of hydrogen-bond acceptors (Lipinski definition) is 3. The molecule has 1 aromatic rings. The van der Waals surface area contributed by atoms with Crippen molar-refractivity contribution in [2.24, 2.45) is 0 Å². The van der Waals surface area contributed by atoms with Crippen LogP contribution in [-0.4, -0.2) is 15.0 Å².